The fourth-order valence-electron chi connectivity index (χ4n) is 2.29. The monoisotopic (exact) mass is 318 g/mol. The number of amides is 1. The molecule has 0 aromatic heterocycles. The Kier molecular flexibility index (Phi) is 4.36. The highest BCUT2D eigenvalue weighted by Crippen LogP contribution is 2.33. The van der Waals surface area contributed by atoms with Crippen LogP contribution in [0.1, 0.15) is 22.3 Å². The summed E-state index contributed by atoms with van der Waals surface area (Å²) in [4.78, 5) is 23.4. The molecule has 1 amide bonds. The number of ether oxygens (including phenoxy) is 1. The van der Waals surface area contributed by atoms with Gasteiger partial charge in [0, 0.05) is 37.9 Å². The lowest BCUT2D eigenvalue weighted by Gasteiger charge is -2.17. The zero-order valence-corrected chi connectivity index (χ0v) is 11.6. The van der Waals surface area contributed by atoms with Crippen molar-refractivity contribution < 1.29 is 27.6 Å². The molecule has 0 bridgehead atoms. The van der Waals surface area contributed by atoms with Crippen LogP contribution in [-0.2, 0) is 10.9 Å². The van der Waals surface area contributed by atoms with Crippen molar-refractivity contribution in [1.82, 2.24) is 4.90 Å². The number of likely N-dealkylation sites (tertiary alicyclic amines) is 1. The van der Waals surface area contributed by atoms with Crippen LogP contribution in [0.25, 0.3) is 0 Å². The minimum Gasteiger partial charge on any atom is -0.380 e. The lowest BCUT2D eigenvalue weighted by Crippen LogP contribution is -2.30. The average Bonchev–Trinajstić information content (AvgIpc) is 2.93. The number of nitrogens with zero attached hydrogens (tertiary/aromatic N) is 2. The Morgan fingerprint density at radius 1 is 1.41 bits per heavy atom. The number of non-ortho nitro benzene ring substituents is 1. The fourth-order valence-corrected chi connectivity index (χ4v) is 2.29. The Morgan fingerprint density at radius 2 is 2.09 bits per heavy atom. The Hall–Kier alpha value is -2.16. The van der Waals surface area contributed by atoms with Gasteiger partial charge in [-0.25, -0.2) is 0 Å². The number of benzene rings is 1. The molecule has 0 aliphatic carbocycles. The second kappa shape index (κ2) is 5.91. The first-order chi connectivity index (χ1) is 10.2. The van der Waals surface area contributed by atoms with Gasteiger partial charge in [0.1, 0.15) is 0 Å². The fraction of sp³-hybridized carbons (Fsp3) is 0.462. The van der Waals surface area contributed by atoms with Crippen molar-refractivity contribution in [3.63, 3.8) is 0 Å². The van der Waals surface area contributed by atoms with Crippen molar-refractivity contribution in [2.24, 2.45) is 0 Å². The van der Waals surface area contributed by atoms with Gasteiger partial charge >= 0.3 is 6.18 Å². The molecule has 1 aliphatic rings. The van der Waals surface area contributed by atoms with Gasteiger partial charge in [-0.1, -0.05) is 0 Å². The van der Waals surface area contributed by atoms with Crippen molar-refractivity contribution in [1.29, 1.82) is 0 Å². The minimum absolute atomic E-state index is 0.176. The Morgan fingerprint density at radius 3 is 2.59 bits per heavy atom. The predicted octanol–water partition coefficient (Wildman–Crippen LogP) is 2.47. The normalized spacial score (nSPS) is 18.5. The van der Waals surface area contributed by atoms with Gasteiger partial charge in [-0.3, -0.25) is 14.9 Å². The zero-order valence-electron chi connectivity index (χ0n) is 11.6. The molecule has 6 nitrogen and oxygen atoms in total. The van der Waals surface area contributed by atoms with Gasteiger partial charge in [0.2, 0.25) is 0 Å². The van der Waals surface area contributed by atoms with E-state index < -0.39 is 28.3 Å². The summed E-state index contributed by atoms with van der Waals surface area (Å²) in [6, 6.07) is 1.91. The molecule has 1 aromatic carbocycles. The number of halogens is 3. The summed E-state index contributed by atoms with van der Waals surface area (Å²) in [6.07, 6.45) is -4.37. The van der Waals surface area contributed by atoms with Crippen molar-refractivity contribution in [2.75, 3.05) is 20.2 Å². The van der Waals surface area contributed by atoms with Crippen LogP contribution in [0.2, 0.25) is 0 Å². The topological polar surface area (TPSA) is 72.7 Å². The van der Waals surface area contributed by atoms with E-state index in [1.54, 1.807) is 0 Å². The molecule has 0 N–H and O–H groups in total. The third-order valence-corrected chi connectivity index (χ3v) is 3.47. The summed E-state index contributed by atoms with van der Waals surface area (Å²) in [7, 11) is 1.48. The number of methoxy groups -OCH3 is 1. The SMILES string of the molecule is CO[C@H]1CCN(C(=O)c2cc([N+](=O)[O-])cc(C(F)(F)F)c2)C1. The maximum atomic E-state index is 12.8. The Labute approximate surface area is 123 Å². The highest BCUT2D eigenvalue weighted by molar-refractivity contribution is 5.95. The number of rotatable bonds is 3. The standard InChI is InChI=1S/C13H13F3N2O4/c1-22-11-2-3-17(7-11)12(19)8-4-9(13(14,15)16)6-10(5-8)18(20)21/h4-6,11H,2-3,7H2,1H3/t11-/m0/s1. The van der Waals surface area contributed by atoms with E-state index in [2.05, 4.69) is 0 Å². The molecule has 1 heterocycles. The van der Waals surface area contributed by atoms with Crippen molar-refractivity contribution in [3.05, 3.63) is 39.4 Å². The van der Waals surface area contributed by atoms with Crippen LogP contribution in [0.4, 0.5) is 18.9 Å². The van der Waals surface area contributed by atoms with Crippen LogP contribution >= 0.6 is 0 Å². The van der Waals surface area contributed by atoms with Gasteiger partial charge in [0.05, 0.1) is 16.6 Å². The molecule has 0 saturated carbocycles. The molecular weight excluding hydrogens is 305 g/mol. The molecule has 2 rings (SSSR count). The summed E-state index contributed by atoms with van der Waals surface area (Å²) in [6.45, 7) is 0.584. The summed E-state index contributed by atoms with van der Waals surface area (Å²) in [5.41, 5.74) is -2.33. The molecule has 1 aliphatic heterocycles. The number of nitro benzene ring substituents is 1. The molecule has 0 radical (unpaired) electrons. The summed E-state index contributed by atoms with van der Waals surface area (Å²) >= 11 is 0. The maximum Gasteiger partial charge on any atom is 0.416 e. The van der Waals surface area contributed by atoms with E-state index in [0.29, 0.717) is 25.1 Å². The predicted molar refractivity (Wildman–Crippen MR) is 69.4 cm³/mol. The van der Waals surface area contributed by atoms with Crippen molar-refractivity contribution in [3.8, 4) is 0 Å². The summed E-state index contributed by atoms with van der Waals surface area (Å²) < 4.78 is 43.5. The van der Waals surface area contributed by atoms with Crippen LogP contribution in [-0.4, -0.2) is 42.0 Å². The van der Waals surface area contributed by atoms with Gasteiger partial charge in [-0.2, -0.15) is 13.2 Å². The molecular formula is C13H13F3N2O4. The van der Waals surface area contributed by atoms with E-state index in [4.69, 9.17) is 4.74 Å². The van der Waals surface area contributed by atoms with Crippen molar-refractivity contribution in [2.45, 2.75) is 18.7 Å². The molecule has 22 heavy (non-hydrogen) atoms. The lowest BCUT2D eigenvalue weighted by molar-refractivity contribution is -0.385. The summed E-state index contributed by atoms with van der Waals surface area (Å²) in [5, 5.41) is 10.8. The van der Waals surface area contributed by atoms with Crippen LogP contribution < -0.4 is 0 Å². The molecule has 1 fully saturated rings. The van der Waals surface area contributed by atoms with Gasteiger partial charge in [-0.05, 0) is 12.5 Å². The van der Waals surface area contributed by atoms with E-state index in [1.165, 1.54) is 12.0 Å². The second-order valence-corrected chi connectivity index (χ2v) is 4.92. The number of carbonyl (C=O) groups is 1. The molecule has 1 atom stereocenters. The van der Waals surface area contributed by atoms with E-state index >= 15 is 0 Å². The van der Waals surface area contributed by atoms with Gasteiger partial charge in [0.15, 0.2) is 0 Å². The molecule has 1 aromatic rings. The third-order valence-electron chi connectivity index (χ3n) is 3.47. The second-order valence-electron chi connectivity index (χ2n) is 4.92. The number of hydrogen-bond acceptors (Lipinski definition) is 4. The smallest absolute Gasteiger partial charge is 0.380 e. The largest absolute Gasteiger partial charge is 0.416 e. The van der Waals surface area contributed by atoms with Crippen LogP contribution in [0.3, 0.4) is 0 Å². The zero-order chi connectivity index (χ0) is 16.5. The number of nitro groups is 1. The number of hydrogen-bond donors (Lipinski definition) is 0. The highest BCUT2D eigenvalue weighted by atomic mass is 19.4. The number of alkyl halides is 3. The Balaban J connectivity index is 2.35. The average molecular weight is 318 g/mol. The number of carbonyl (C=O) groups excluding carboxylic acids is 1. The third kappa shape index (κ3) is 3.35. The molecule has 1 saturated heterocycles. The van der Waals surface area contributed by atoms with E-state index in [9.17, 15) is 28.1 Å². The van der Waals surface area contributed by atoms with Crippen LogP contribution in [0, 0.1) is 10.1 Å². The molecule has 0 spiro atoms. The Bertz CT molecular complexity index is 603. The van der Waals surface area contributed by atoms with Gasteiger partial charge in [-0.15, -0.1) is 0 Å². The first-order valence-corrected chi connectivity index (χ1v) is 6.41. The molecule has 0 unspecified atom stereocenters. The van der Waals surface area contributed by atoms with E-state index in [-0.39, 0.29) is 18.2 Å². The van der Waals surface area contributed by atoms with E-state index in [0.717, 1.165) is 6.07 Å². The first-order valence-electron chi connectivity index (χ1n) is 6.41. The van der Waals surface area contributed by atoms with Gasteiger partial charge < -0.3 is 9.64 Å². The maximum absolute atomic E-state index is 12.8. The van der Waals surface area contributed by atoms with E-state index in [1.807, 2.05) is 0 Å². The quantitative estimate of drug-likeness (QED) is 0.634. The molecule has 9 heteroatoms. The molecule has 120 valence electrons. The highest BCUT2D eigenvalue weighted by Gasteiger charge is 2.35. The van der Waals surface area contributed by atoms with Gasteiger partial charge in [0.25, 0.3) is 11.6 Å². The van der Waals surface area contributed by atoms with Crippen molar-refractivity contribution >= 4 is 11.6 Å². The summed E-state index contributed by atoms with van der Waals surface area (Å²) in [5.74, 6) is -0.672. The minimum atomic E-state index is -4.76. The lowest BCUT2D eigenvalue weighted by atomic mass is 10.1. The van der Waals surface area contributed by atoms with Crippen LogP contribution in [0.5, 0.6) is 0 Å². The first kappa shape index (κ1) is 16.2. The van der Waals surface area contributed by atoms with Crippen LogP contribution in [0.15, 0.2) is 18.2 Å².